The zero-order chi connectivity index (χ0) is 14.6. The number of H-pyrrole nitrogens is 1. The lowest BCUT2D eigenvalue weighted by Crippen LogP contribution is -2.08. The minimum absolute atomic E-state index is 0.130. The van der Waals surface area contributed by atoms with E-state index in [4.69, 9.17) is 0 Å². The summed E-state index contributed by atoms with van der Waals surface area (Å²) in [5.74, 6) is -0.321. The zero-order valence-corrected chi connectivity index (χ0v) is 11.5. The first-order chi connectivity index (χ1) is 10.1. The Balaban J connectivity index is 2.12. The van der Waals surface area contributed by atoms with E-state index in [0.717, 1.165) is 21.5 Å². The van der Waals surface area contributed by atoms with Gasteiger partial charge in [0.2, 0.25) is 0 Å². The van der Waals surface area contributed by atoms with Gasteiger partial charge in [-0.15, -0.1) is 11.3 Å². The number of fused-ring (bicyclic) bond motifs is 3. The van der Waals surface area contributed by atoms with Gasteiger partial charge >= 0.3 is 0 Å². The zero-order valence-electron chi connectivity index (χ0n) is 10.7. The number of phenols is 2. The van der Waals surface area contributed by atoms with Gasteiger partial charge in [0.1, 0.15) is 10.3 Å². The molecule has 0 saturated carbocycles. The number of nitrogens with one attached hydrogen (secondary N) is 1. The number of aromatic amines is 1. The second-order valence-electron chi connectivity index (χ2n) is 4.75. The van der Waals surface area contributed by atoms with E-state index in [2.05, 4.69) is 4.98 Å². The third-order valence-electron chi connectivity index (χ3n) is 3.50. The quantitative estimate of drug-likeness (QED) is 0.473. The molecule has 3 heterocycles. The maximum absolute atomic E-state index is 12.0. The van der Waals surface area contributed by atoms with Gasteiger partial charge < -0.3 is 19.6 Å². The molecule has 6 heteroatoms. The van der Waals surface area contributed by atoms with Crippen LogP contribution in [0.3, 0.4) is 0 Å². The molecule has 1 aromatic carbocycles. The lowest BCUT2D eigenvalue weighted by Gasteiger charge is -2.04. The smallest absolute Gasteiger partial charge is 0.273 e. The van der Waals surface area contributed by atoms with Crippen molar-refractivity contribution in [1.29, 1.82) is 0 Å². The van der Waals surface area contributed by atoms with Crippen LogP contribution >= 0.6 is 11.3 Å². The average Bonchev–Trinajstić information content (AvgIpc) is 3.08. The molecule has 0 radical (unpaired) electrons. The molecule has 0 spiro atoms. The van der Waals surface area contributed by atoms with E-state index in [1.807, 2.05) is 22.0 Å². The predicted molar refractivity (Wildman–Crippen MR) is 82.2 cm³/mol. The summed E-state index contributed by atoms with van der Waals surface area (Å²) >= 11 is 1.43. The summed E-state index contributed by atoms with van der Waals surface area (Å²) in [6.45, 7) is 0. The standard InChI is InChI=1S/C15H10N2O3S/c18-11-4-3-8(6-12(11)19)9-7-21-15-13(9)17-5-1-2-10(17)14(20)16-15/h1-7,18-19H,(H,16,20). The summed E-state index contributed by atoms with van der Waals surface area (Å²) in [6, 6.07) is 8.27. The third-order valence-corrected chi connectivity index (χ3v) is 4.39. The number of thiophene rings is 1. The van der Waals surface area contributed by atoms with Crippen molar-refractivity contribution in [3.8, 4) is 22.6 Å². The van der Waals surface area contributed by atoms with Crippen molar-refractivity contribution < 1.29 is 10.2 Å². The Kier molecular flexibility index (Phi) is 2.37. The van der Waals surface area contributed by atoms with Crippen LogP contribution in [0.25, 0.3) is 27.0 Å². The fraction of sp³-hybridized carbons (Fsp3) is 0. The van der Waals surface area contributed by atoms with Crippen molar-refractivity contribution >= 4 is 27.2 Å². The Morgan fingerprint density at radius 1 is 1.14 bits per heavy atom. The molecule has 3 N–H and O–H groups in total. The lowest BCUT2D eigenvalue weighted by molar-refractivity contribution is 0.404. The van der Waals surface area contributed by atoms with Gasteiger partial charge in [-0.3, -0.25) is 4.79 Å². The Hall–Kier alpha value is -2.73. The largest absolute Gasteiger partial charge is 0.504 e. The van der Waals surface area contributed by atoms with Crippen molar-refractivity contribution in [3.05, 3.63) is 52.3 Å². The molecule has 0 aliphatic rings. The minimum atomic E-state index is -0.167. The molecule has 4 rings (SSSR count). The van der Waals surface area contributed by atoms with Crippen LogP contribution in [0.5, 0.6) is 11.5 Å². The Morgan fingerprint density at radius 3 is 2.81 bits per heavy atom. The van der Waals surface area contributed by atoms with E-state index in [1.165, 1.54) is 23.5 Å². The van der Waals surface area contributed by atoms with E-state index < -0.39 is 0 Å². The summed E-state index contributed by atoms with van der Waals surface area (Å²) in [6.07, 6.45) is 1.84. The van der Waals surface area contributed by atoms with Crippen LogP contribution in [0.15, 0.2) is 46.7 Å². The van der Waals surface area contributed by atoms with Crippen LogP contribution in [-0.2, 0) is 0 Å². The number of hydrogen-bond acceptors (Lipinski definition) is 4. The van der Waals surface area contributed by atoms with Gasteiger partial charge in [-0.2, -0.15) is 0 Å². The molecular formula is C15H10N2O3S. The molecule has 3 aromatic heterocycles. The van der Waals surface area contributed by atoms with Crippen LogP contribution in [0.2, 0.25) is 0 Å². The molecule has 0 saturated heterocycles. The highest BCUT2D eigenvalue weighted by Crippen LogP contribution is 2.36. The Morgan fingerprint density at radius 2 is 2.00 bits per heavy atom. The van der Waals surface area contributed by atoms with Crippen molar-refractivity contribution in [2.75, 3.05) is 0 Å². The average molecular weight is 298 g/mol. The van der Waals surface area contributed by atoms with Gasteiger partial charge in [0, 0.05) is 17.1 Å². The second-order valence-corrected chi connectivity index (χ2v) is 5.63. The van der Waals surface area contributed by atoms with E-state index >= 15 is 0 Å². The second kappa shape index (κ2) is 4.13. The van der Waals surface area contributed by atoms with Crippen LogP contribution in [-0.4, -0.2) is 19.6 Å². The van der Waals surface area contributed by atoms with Crippen molar-refractivity contribution in [2.45, 2.75) is 0 Å². The summed E-state index contributed by atoms with van der Waals surface area (Å²) in [7, 11) is 0. The number of phenolic OH excluding ortho intramolecular Hbond substituents is 2. The highest BCUT2D eigenvalue weighted by Gasteiger charge is 2.13. The van der Waals surface area contributed by atoms with Crippen LogP contribution in [0, 0.1) is 0 Å². The van der Waals surface area contributed by atoms with Gasteiger partial charge in [-0.05, 0) is 29.8 Å². The first-order valence-electron chi connectivity index (χ1n) is 6.28. The minimum Gasteiger partial charge on any atom is -0.504 e. The molecule has 0 aliphatic heterocycles. The predicted octanol–water partition coefficient (Wildman–Crippen LogP) is 2.92. The van der Waals surface area contributed by atoms with E-state index in [0.29, 0.717) is 5.52 Å². The van der Waals surface area contributed by atoms with Gasteiger partial charge in [0.05, 0.1) is 5.52 Å². The van der Waals surface area contributed by atoms with E-state index in [9.17, 15) is 15.0 Å². The maximum atomic E-state index is 12.0. The third kappa shape index (κ3) is 1.66. The number of aromatic nitrogens is 2. The normalized spacial score (nSPS) is 11.4. The van der Waals surface area contributed by atoms with Gasteiger partial charge in [0.15, 0.2) is 11.5 Å². The van der Waals surface area contributed by atoms with Gasteiger partial charge in [-0.25, -0.2) is 0 Å². The number of aromatic hydroxyl groups is 2. The Bertz CT molecular complexity index is 1040. The molecule has 0 amide bonds. The molecule has 0 bridgehead atoms. The SMILES string of the molecule is O=c1[nH]c2scc(-c3ccc(O)c(O)c3)c2n2cccc12. The van der Waals surface area contributed by atoms with E-state index in [-0.39, 0.29) is 17.1 Å². The monoisotopic (exact) mass is 298 g/mol. The fourth-order valence-corrected chi connectivity index (χ4v) is 3.46. The topological polar surface area (TPSA) is 77.7 Å². The lowest BCUT2D eigenvalue weighted by atomic mass is 10.1. The fourth-order valence-electron chi connectivity index (χ4n) is 2.50. The summed E-state index contributed by atoms with van der Waals surface area (Å²) in [4.78, 5) is 15.6. The first-order valence-corrected chi connectivity index (χ1v) is 7.16. The maximum Gasteiger partial charge on any atom is 0.273 e. The summed E-state index contributed by atoms with van der Waals surface area (Å²) < 4.78 is 1.84. The van der Waals surface area contributed by atoms with Crippen LogP contribution in [0.1, 0.15) is 0 Å². The summed E-state index contributed by atoms with van der Waals surface area (Å²) in [5.41, 5.74) is 2.99. The van der Waals surface area contributed by atoms with Crippen molar-refractivity contribution in [1.82, 2.24) is 9.38 Å². The molecule has 4 aromatic rings. The van der Waals surface area contributed by atoms with Gasteiger partial charge in [-0.1, -0.05) is 6.07 Å². The number of hydrogen-bond donors (Lipinski definition) is 3. The molecule has 5 nitrogen and oxygen atoms in total. The molecule has 0 atom stereocenters. The molecular weight excluding hydrogens is 288 g/mol. The van der Waals surface area contributed by atoms with Gasteiger partial charge in [0.25, 0.3) is 5.56 Å². The molecule has 104 valence electrons. The van der Waals surface area contributed by atoms with Crippen LogP contribution in [0.4, 0.5) is 0 Å². The number of benzene rings is 1. The molecule has 0 unspecified atom stereocenters. The Labute approximate surface area is 122 Å². The van der Waals surface area contributed by atoms with E-state index in [1.54, 1.807) is 12.1 Å². The van der Waals surface area contributed by atoms with Crippen LogP contribution < -0.4 is 5.56 Å². The highest BCUT2D eigenvalue weighted by atomic mass is 32.1. The number of rotatable bonds is 1. The summed E-state index contributed by atoms with van der Waals surface area (Å²) in [5, 5.41) is 21.0. The molecule has 0 aliphatic carbocycles. The van der Waals surface area contributed by atoms with Crippen molar-refractivity contribution in [2.24, 2.45) is 0 Å². The first kappa shape index (κ1) is 12.0. The number of nitrogens with zero attached hydrogens (tertiary/aromatic N) is 1. The molecule has 21 heavy (non-hydrogen) atoms. The molecule has 0 fully saturated rings. The van der Waals surface area contributed by atoms with Crippen molar-refractivity contribution in [3.63, 3.8) is 0 Å². The highest BCUT2D eigenvalue weighted by molar-refractivity contribution is 7.17.